The van der Waals surface area contributed by atoms with Gasteiger partial charge in [0, 0.05) is 13.2 Å². The molecule has 0 spiro atoms. The Morgan fingerprint density at radius 3 is 2.46 bits per heavy atom. The van der Waals surface area contributed by atoms with Gasteiger partial charge in [-0.05, 0) is 41.8 Å². The van der Waals surface area contributed by atoms with Crippen LogP contribution in [0.5, 0.6) is 0 Å². The summed E-state index contributed by atoms with van der Waals surface area (Å²) in [6.07, 6.45) is -4.08. The van der Waals surface area contributed by atoms with Crippen LogP contribution < -0.4 is 0 Å². The van der Waals surface area contributed by atoms with Crippen molar-refractivity contribution in [2.24, 2.45) is 0 Å². The number of tetrazole rings is 1. The first-order chi connectivity index (χ1) is 11.3. The van der Waals surface area contributed by atoms with E-state index in [4.69, 9.17) is 5.11 Å². The number of aromatic nitrogens is 4. The molecule has 0 aliphatic carbocycles. The van der Waals surface area contributed by atoms with Crippen molar-refractivity contribution in [3.8, 4) is 5.69 Å². The highest BCUT2D eigenvalue weighted by molar-refractivity contribution is 5.46. The first kappa shape index (κ1) is 18.3. The molecule has 0 atom stereocenters. The SMILES string of the molecule is Cc1cccc(C)c1-n1nnnc1CN(CCCO)CC(F)(F)F. The van der Waals surface area contributed by atoms with E-state index in [2.05, 4.69) is 15.5 Å². The van der Waals surface area contributed by atoms with E-state index in [1.807, 2.05) is 32.0 Å². The minimum absolute atomic E-state index is 0.0553. The summed E-state index contributed by atoms with van der Waals surface area (Å²) in [6, 6.07) is 5.69. The molecule has 0 unspecified atom stereocenters. The smallest absolute Gasteiger partial charge is 0.396 e. The zero-order chi connectivity index (χ0) is 17.7. The first-order valence-electron chi connectivity index (χ1n) is 7.55. The van der Waals surface area contributed by atoms with E-state index in [0.717, 1.165) is 16.8 Å². The van der Waals surface area contributed by atoms with Crippen LogP contribution in [0.25, 0.3) is 5.69 Å². The van der Waals surface area contributed by atoms with Crippen LogP contribution >= 0.6 is 0 Å². The average molecular weight is 343 g/mol. The number of aryl methyl sites for hydroxylation is 2. The molecule has 2 rings (SSSR count). The molecule has 1 N–H and O–H groups in total. The van der Waals surface area contributed by atoms with Crippen molar-refractivity contribution in [2.75, 3.05) is 19.7 Å². The highest BCUT2D eigenvalue weighted by Gasteiger charge is 2.31. The van der Waals surface area contributed by atoms with Crippen LogP contribution in [0.15, 0.2) is 18.2 Å². The maximum atomic E-state index is 12.8. The van der Waals surface area contributed by atoms with Crippen molar-refractivity contribution in [3.63, 3.8) is 0 Å². The lowest BCUT2D eigenvalue weighted by atomic mass is 10.1. The number of benzene rings is 1. The number of alkyl halides is 3. The minimum atomic E-state index is -4.33. The first-order valence-corrected chi connectivity index (χ1v) is 7.55. The van der Waals surface area contributed by atoms with Crippen LogP contribution in [0.2, 0.25) is 0 Å². The highest BCUT2D eigenvalue weighted by Crippen LogP contribution is 2.21. The molecule has 1 aromatic heterocycles. The van der Waals surface area contributed by atoms with Gasteiger partial charge in [-0.15, -0.1) is 5.10 Å². The van der Waals surface area contributed by atoms with Gasteiger partial charge >= 0.3 is 6.18 Å². The zero-order valence-corrected chi connectivity index (χ0v) is 13.6. The fourth-order valence-electron chi connectivity index (χ4n) is 2.58. The predicted octanol–water partition coefficient (Wildman–Crippen LogP) is 2.03. The minimum Gasteiger partial charge on any atom is -0.396 e. The van der Waals surface area contributed by atoms with Gasteiger partial charge in [0.1, 0.15) is 0 Å². The molecule has 0 fully saturated rings. The molecule has 0 aliphatic rings. The summed E-state index contributed by atoms with van der Waals surface area (Å²) in [5, 5.41) is 20.3. The largest absolute Gasteiger partial charge is 0.401 e. The standard InChI is InChI=1S/C15H20F3N5O/c1-11-5-3-6-12(2)14(11)23-13(19-20-21-23)9-22(7-4-8-24)10-15(16,17)18/h3,5-6,24H,4,7-10H2,1-2H3. The number of rotatable bonds is 7. The number of aliphatic hydroxyl groups excluding tert-OH is 1. The third-order valence-corrected chi connectivity index (χ3v) is 3.59. The normalized spacial score (nSPS) is 12.1. The van der Waals surface area contributed by atoms with Gasteiger partial charge < -0.3 is 5.11 Å². The Kier molecular flexibility index (Phi) is 5.89. The van der Waals surface area contributed by atoms with Crippen LogP contribution in [0.4, 0.5) is 13.2 Å². The molecule has 0 saturated carbocycles. The number of nitrogens with zero attached hydrogens (tertiary/aromatic N) is 5. The predicted molar refractivity (Wildman–Crippen MR) is 81.7 cm³/mol. The quantitative estimate of drug-likeness (QED) is 0.833. The van der Waals surface area contributed by atoms with E-state index in [0.29, 0.717) is 5.82 Å². The summed E-state index contributed by atoms with van der Waals surface area (Å²) in [6.45, 7) is 2.60. The van der Waals surface area contributed by atoms with E-state index in [1.165, 1.54) is 9.58 Å². The second-order valence-electron chi connectivity index (χ2n) is 5.65. The lowest BCUT2D eigenvalue weighted by Gasteiger charge is -2.23. The zero-order valence-electron chi connectivity index (χ0n) is 13.6. The van der Waals surface area contributed by atoms with E-state index < -0.39 is 12.7 Å². The number of hydrogen-bond donors (Lipinski definition) is 1. The molecule has 0 amide bonds. The van der Waals surface area contributed by atoms with Gasteiger partial charge in [0.05, 0.1) is 18.8 Å². The Morgan fingerprint density at radius 2 is 1.88 bits per heavy atom. The molecule has 0 aliphatic heterocycles. The van der Waals surface area contributed by atoms with E-state index >= 15 is 0 Å². The lowest BCUT2D eigenvalue weighted by molar-refractivity contribution is -0.147. The van der Waals surface area contributed by atoms with Gasteiger partial charge in [-0.2, -0.15) is 17.9 Å². The van der Waals surface area contributed by atoms with E-state index in [-0.39, 0.29) is 26.1 Å². The number of halogens is 3. The maximum absolute atomic E-state index is 12.8. The molecule has 6 nitrogen and oxygen atoms in total. The van der Waals surface area contributed by atoms with Crippen molar-refractivity contribution >= 4 is 0 Å². The van der Waals surface area contributed by atoms with Crippen molar-refractivity contribution < 1.29 is 18.3 Å². The molecule has 1 heterocycles. The van der Waals surface area contributed by atoms with Gasteiger partial charge in [0.25, 0.3) is 0 Å². The van der Waals surface area contributed by atoms with Gasteiger partial charge in [-0.25, -0.2) is 0 Å². The molecule has 24 heavy (non-hydrogen) atoms. The van der Waals surface area contributed by atoms with Crippen LogP contribution in [0, 0.1) is 13.8 Å². The molecular weight excluding hydrogens is 323 g/mol. The molecule has 9 heteroatoms. The molecule has 2 aromatic rings. The third kappa shape index (κ3) is 4.75. The van der Waals surface area contributed by atoms with Gasteiger partial charge in [0.2, 0.25) is 0 Å². The summed E-state index contributed by atoms with van der Waals surface area (Å²) in [5.41, 5.74) is 2.63. The fraction of sp³-hybridized carbons (Fsp3) is 0.533. The van der Waals surface area contributed by atoms with Crippen molar-refractivity contribution in [3.05, 3.63) is 35.2 Å². The number of hydrogen-bond acceptors (Lipinski definition) is 5. The maximum Gasteiger partial charge on any atom is 0.401 e. The molecule has 0 bridgehead atoms. The topological polar surface area (TPSA) is 67.1 Å². The summed E-state index contributed by atoms with van der Waals surface area (Å²) in [7, 11) is 0. The molecule has 0 saturated heterocycles. The Bertz CT molecular complexity index is 651. The second-order valence-corrected chi connectivity index (χ2v) is 5.65. The van der Waals surface area contributed by atoms with Crippen LogP contribution in [-0.2, 0) is 6.54 Å². The summed E-state index contributed by atoms with van der Waals surface area (Å²) in [5.74, 6) is 0.328. The van der Waals surface area contributed by atoms with Gasteiger partial charge in [-0.3, -0.25) is 4.90 Å². The average Bonchev–Trinajstić information content (AvgIpc) is 2.91. The summed E-state index contributed by atoms with van der Waals surface area (Å²) in [4.78, 5) is 1.19. The van der Waals surface area contributed by atoms with Gasteiger partial charge in [-0.1, -0.05) is 18.2 Å². The molecule has 1 aromatic carbocycles. The fourth-order valence-corrected chi connectivity index (χ4v) is 2.58. The summed E-state index contributed by atoms with van der Waals surface area (Å²) >= 11 is 0. The van der Waals surface area contributed by atoms with Crippen molar-refractivity contribution in [2.45, 2.75) is 33.0 Å². The molecule has 132 valence electrons. The number of aliphatic hydroxyl groups is 1. The van der Waals surface area contributed by atoms with Crippen molar-refractivity contribution in [1.29, 1.82) is 0 Å². The lowest BCUT2D eigenvalue weighted by Crippen LogP contribution is -2.35. The Labute approximate surface area is 137 Å². The van der Waals surface area contributed by atoms with E-state index in [9.17, 15) is 13.2 Å². The van der Waals surface area contributed by atoms with Crippen LogP contribution in [0.1, 0.15) is 23.4 Å². The second kappa shape index (κ2) is 7.71. The van der Waals surface area contributed by atoms with Crippen LogP contribution in [-0.4, -0.2) is 56.1 Å². The monoisotopic (exact) mass is 343 g/mol. The van der Waals surface area contributed by atoms with Crippen molar-refractivity contribution in [1.82, 2.24) is 25.1 Å². The highest BCUT2D eigenvalue weighted by atomic mass is 19.4. The Morgan fingerprint density at radius 1 is 1.21 bits per heavy atom. The molecule has 0 radical (unpaired) electrons. The van der Waals surface area contributed by atoms with E-state index in [1.54, 1.807) is 0 Å². The third-order valence-electron chi connectivity index (χ3n) is 3.59. The Hall–Kier alpha value is -2.00. The Balaban J connectivity index is 2.27. The summed E-state index contributed by atoms with van der Waals surface area (Å²) < 4.78 is 39.7. The molecular formula is C15H20F3N5O. The number of para-hydroxylation sites is 1. The van der Waals surface area contributed by atoms with Gasteiger partial charge in [0.15, 0.2) is 5.82 Å². The van der Waals surface area contributed by atoms with Crippen LogP contribution in [0.3, 0.4) is 0 Å².